The van der Waals surface area contributed by atoms with E-state index in [1.807, 2.05) is 18.2 Å². The van der Waals surface area contributed by atoms with Gasteiger partial charge in [0.15, 0.2) is 0 Å². The Kier molecular flexibility index (Phi) is 3.27. The van der Waals surface area contributed by atoms with E-state index in [2.05, 4.69) is 18.3 Å². The lowest BCUT2D eigenvalue weighted by atomic mass is 10.1. The highest BCUT2D eigenvalue weighted by Crippen LogP contribution is 2.34. The van der Waals surface area contributed by atoms with Crippen LogP contribution in [0.25, 0.3) is 0 Å². The van der Waals surface area contributed by atoms with E-state index >= 15 is 0 Å². The van der Waals surface area contributed by atoms with E-state index in [4.69, 9.17) is 5.11 Å². The normalized spacial score (nSPS) is 17.5. The summed E-state index contributed by atoms with van der Waals surface area (Å²) in [6.07, 6.45) is 4.08. The second-order valence-electron chi connectivity index (χ2n) is 4.58. The van der Waals surface area contributed by atoms with Gasteiger partial charge < -0.3 is 10.4 Å². The standard InChI is InChI=1S/C13H19NO/c1-10(7-11-5-6-11)14-13-4-2-3-12(8-13)9-15/h2-4,8,10-11,14-15H,5-7,9H2,1H3/t10-/m0/s1. The molecule has 1 fully saturated rings. The molecule has 0 radical (unpaired) electrons. The van der Waals surface area contributed by atoms with E-state index < -0.39 is 0 Å². The summed E-state index contributed by atoms with van der Waals surface area (Å²) in [5, 5.41) is 12.5. The molecule has 82 valence electrons. The molecule has 0 aliphatic heterocycles. The number of aliphatic hydroxyl groups is 1. The van der Waals surface area contributed by atoms with E-state index in [9.17, 15) is 0 Å². The van der Waals surface area contributed by atoms with Crippen molar-refractivity contribution >= 4 is 5.69 Å². The molecule has 2 N–H and O–H groups in total. The number of hydrogen-bond donors (Lipinski definition) is 2. The summed E-state index contributed by atoms with van der Waals surface area (Å²) in [4.78, 5) is 0. The minimum Gasteiger partial charge on any atom is -0.392 e. The van der Waals surface area contributed by atoms with Crippen LogP contribution >= 0.6 is 0 Å². The van der Waals surface area contributed by atoms with Crippen LogP contribution in [0, 0.1) is 5.92 Å². The van der Waals surface area contributed by atoms with Crippen molar-refractivity contribution in [3.8, 4) is 0 Å². The molecule has 1 aliphatic rings. The van der Waals surface area contributed by atoms with E-state index in [0.29, 0.717) is 6.04 Å². The molecule has 2 rings (SSSR count). The lowest BCUT2D eigenvalue weighted by molar-refractivity contribution is 0.282. The first-order valence-corrected chi connectivity index (χ1v) is 5.74. The highest BCUT2D eigenvalue weighted by molar-refractivity contribution is 5.46. The molecule has 0 heterocycles. The predicted octanol–water partition coefficient (Wildman–Crippen LogP) is 2.78. The molecule has 0 bridgehead atoms. The highest BCUT2D eigenvalue weighted by atomic mass is 16.3. The van der Waals surface area contributed by atoms with Crippen molar-refractivity contribution in [2.45, 2.75) is 38.8 Å². The smallest absolute Gasteiger partial charge is 0.0682 e. The molecule has 1 atom stereocenters. The van der Waals surface area contributed by atoms with Crippen LogP contribution in [0.1, 0.15) is 31.7 Å². The lowest BCUT2D eigenvalue weighted by Crippen LogP contribution is -2.15. The molecule has 1 saturated carbocycles. The average Bonchev–Trinajstić information content (AvgIpc) is 3.02. The molecule has 1 aromatic rings. The summed E-state index contributed by atoms with van der Waals surface area (Å²) in [6.45, 7) is 2.34. The van der Waals surface area contributed by atoms with Crippen molar-refractivity contribution in [3.63, 3.8) is 0 Å². The van der Waals surface area contributed by atoms with Gasteiger partial charge in [0, 0.05) is 11.7 Å². The summed E-state index contributed by atoms with van der Waals surface area (Å²) < 4.78 is 0. The first-order valence-electron chi connectivity index (χ1n) is 5.74. The zero-order valence-electron chi connectivity index (χ0n) is 9.24. The zero-order valence-corrected chi connectivity index (χ0v) is 9.24. The van der Waals surface area contributed by atoms with Crippen molar-refractivity contribution in [1.82, 2.24) is 0 Å². The zero-order chi connectivity index (χ0) is 10.7. The number of anilines is 1. The second kappa shape index (κ2) is 4.67. The SMILES string of the molecule is C[C@@H](CC1CC1)Nc1cccc(CO)c1. The van der Waals surface area contributed by atoms with Crippen molar-refractivity contribution < 1.29 is 5.11 Å². The van der Waals surface area contributed by atoms with E-state index in [0.717, 1.165) is 17.2 Å². The Morgan fingerprint density at radius 3 is 2.93 bits per heavy atom. The third-order valence-corrected chi connectivity index (χ3v) is 2.91. The van der Waals surface area contributed by atoms with Crippen LogP contribution in [-0.4, -0.2) is 11.1 Å². The van der Waals surface area contributed by atoms with Gasteiger partial charge in [-0.15, -0.1) is 0 Å². The van der Waals surface area contributed by atoms with Crippen molar-refractivity contribution in [2.24, 2.45) is 5.92 Å². The summed E-state index contributed by atoms with van der Waals surface area (Å²) >= 11 is 0. The van der Waals surface area contributed by atoms with Crippen LogP contribution in [-0.2, 0) is 6.61 Å². The van der Waals surface area contributed by atoms with Crippen molar-refractivity contribution in [1.29, 1.82) is 0 Å². The van der Waals surface area contributed by atoms with E-state index in [1.165, 1.54) is 19.3 Å². The molecular formula is C13H19NO. The third-order valence-electron chi connectivity index (χ3n) is 2.91. The van der Waals surface area contributed by atoms with Gasteiger partial charge in [0.25, 0.3) is 0 Å². The van der Waals surface area contributed by atoms with Gasteiger partial charge in [-0.05, 0) is 37.0 Å². The largest absolute Gasteiger partial charge is 0.392 e. The molecular weight excluding hydrogens is 186 g/mol. The Morgan fingerprint density at radius 2 is 2.27 bits per heavy atom. The fourth-order valence-corrected chi connectivity index (χ4v) is 1.96. The minimum absolute atomic E-state index is 0.118. The average molecular weight is 205 g/mol. The molecule has 0 aromatic heterocycles. The van der Waals surface area contributed by atoms with Crippen LogP contribution < -0.4 is 5.32 Å². The third kappa shape index (κ3) is 3.24. The number of benzene rings is 1. The first kappa shape index (κ1) is 10.5. The van der Waals surface area contributed by atoms with E-state index in [-0.39, 0.29) is 6.61 Å². The van der Waals surface area contributed by atoms with Gasteiger partial charge in [-0.2, -0.15) is 0 Å². The van der Waals surface area contributed by atoms with Gasteiger partial charge in [0.2, 0.25) is 0 Å². The van der Waals surface area contributed by atoms with Gasteiger partial charge in [-0.1, -0.05) is 25.0 Å². The summed E-state index contributed by atoms with van der Waals surface area (Å²) in [6, 6.07) is 8.53. The summed E-state index contributed by atoms with van der Waals surface area (Å²) in [7, 11) is 0. The number of nitrogens with one attached hydrogen (secondary N) is 1. The van der Waals surface area contributed by atoms with Gasteiger partial charge in [-0.3, -0.25) is 0 Å². The van der Waals surface area contributed by atoms with Crippen LogP contribution in [0.3, 0.4) is 0 Å². The summed E-state index contributed by atoms with van der Waals surface area (Å²) in [5.74, 6) is 0.952. The molecule has 0 spiro atoms. The maximum absolute atomic E-state index is 9.02. The Balaban J connectivity index is 1.90. The Morgan fingerprint density at radius 1 is 1.47 bits per heavy atom. The van der Waals surface area contributed by atoms with Crippen LogP contribution in [0.5, 0.6) is 0 Å². The molecule has 0 unspecified atom stereocenters. The molecule has 1 aliphatic carbocycles. The van der Waals surface area contributed by atoms with Crippen LogP contribution in [0.15, 0.2) is 24.3 Å². The minimum atomic E-state index is 0.118. The number of rotatable bonds is 5. The van der Waals surface area contributed by atoms with Gasteiger partial charge >= 0.3 is 0 Å². The fraction of sp³-hybridized carbons (Fsp3) is 0.538. The van der Waals surface area contributed by atoms with E-state index in [1.54, 1.807) is 0 Å². The molecule has 2 nitrogen and oxygen atoms in total. The molecule has 1 aromatic carbocycles. The quantitative estimate of drug-likeness (QED) is 0.774. The Bertz CT molecular complexity index is 320. The van der Waals surface area contributed by atoms with Crippen LogP contribution in [0.2, 0.25) is 0 Å². The van der Waals surface area contributed by atoms with Crippen LogP contribution in [0.4, 0.5) is 5.69 Å². The predicted molar refractivity (Wildman–Crippen MR) is 62.8 cm³/mol. The first-order chi connectivity index (χ1) is 7.28. The Labute approximate surface area is 91.3 Å². The maximum Gasteiger partial charge on any atom is 0.0682 e. The topological polar surface area (TPSA) is 32.3 Å². The monoisotopic (exact) mass is 205 g/mol. The maximum atomic E-state index is 9.02. The van der Waals surface area contributed by atoms with Gasteiger partial charge in [-0.25, -0.2) is 0 Å². The highest BCUT2D eigenvalue weighted by Gasteiger charge is 2.23. The van der Waals surface area contributed by atoms with Crippen molar-refractivity contribution in [2.75, 3.05) is 5.32 Å². The number of hydrogen-bond acceptors (Lipinski definition) is 2. The molecule has 2 heteroatoms. The fourth-order valence-electron chi connectivity index (χ4n) is 1.96. The lowest BCUT2D eigenvalue weighted by Gasteiger charge is -2.15. The summed E-state index contributed by atoms with van der Waals surface area (Å²) in [5.41, 5.74) is 2.09. The number of aliphatic hydroxyl groups excluding tert-OH is 1. The van der Waals surface area contributed by atoms with Crippen molar-refractivity contribution in [3.05, 3.63) is 29.8 Å². The van der Waals surface area contributed by atoms with Gasteiger partial charge in [0.1, 0.15) is 0 Å². The molecule has 0 saturated heterocycles. The second-order valence-corrected chi connectivity index (χ2v) is 4.58. The van der Waals surface area contributed by atoms with Gasteiger partial charge in [0.05, 0.1) is 6.61 Å². The molecule has 15 heavy (non-hydrogen) atoms. The molecule has 0 amide bonds. The Hall–Kier alpha value is -1.02.